The highest BCUT2D eigenvalue weighted by Crippen LogP contribution is 2.30. The third-order valence-electron chi connectivity index (χ3n) is 2.65. The first kappa shape index (κ1) is 11.3. The monoisotopic (exact) mass is 223 g/mol. The quantitative estimate of drug-likeness (QED) is 0.710. The number of aromatic nitrogens is 2. The number of ketones is 1. The van der Waals surface area contributed by atoms with E-state index in [-0.39, 0.29) is 11.7 Å². The summed E-state index contributed by atoms with van der Waals surface area (Å²) in [6, 6.07) is 0. The van der Waals surface area contributed by atoms with Crippen LogP contribution >= 0.6 is 0 Å². The predicted molar refractivity (Wildman–Crippen MR) is 58.0 cm³/mol. The van der Waals surface area contributed by atoms with Gasteiger partial charge in [0, 0.05) is 18.9 Å². The zero-order valence-electron chi connectivity index (χ0n) is 9.77. The van der Waals surface area contributed by atoms with Crippen LogP contribution in [-0.2, 0) is 17.6 Å². The molecule has 16 heavy (non-hydrogen) atoms. The Bertz CT molecular complexity index is 369. The molecule has 0 radical (unpaired) electrons. The van der Waals surface area contributed by atoms with Gasteiger partial charge in [-0.2, -0.15) is 4.98 Å². The van der Waals surface area contributed by atoms with Gasteiger partial charge < -0.3 is 9.42 Å². The molecule has 1 aromatic rings. The number of likely N-dealkylation sites (N-methyl/N-ethyl adjacent to an activating group) is 1. The van der Waals surface area contributed by atoms with Gasteiger partial charge in [-0.05, 0) is 26.9 Å². The topological polar surface area (TPSA) is 59.2 Å². The molecule has 0 atom stereocenters. The lowest BCUT2D eigenvalue weighted by Crippen LogP contribution is -2.15. The molecule has 0 bridgehead atoms. The van der Waals surface area contributed by atoms with Crippen molar-refractivity contribution in [1.29, 1.82) is 0 Å². The number of carbonyl (C=O) groups excluding carboxylic acids is 1. The van der Waals surface area contributed by atoms with Gasteiger partial charge >= 0.3 is 0 Å². The van der Waals surface area contributed by atoms with Crippen molar-refractivity contribution in [3.05, 3.63) is 11.7 Å². The first-order valence-electron chi connectivity index (χ1n) is 5.64. The van der Waals surface area contributed by atoms with Gasteiger partial charge in [-0.3, -0.25) is 4.79 Å². The van der Waals surface area contributed by atoms with E-state index in [1.165, 1.54) is 0 Å². The first-order valence-corrected chi connectivity index (χ1v) is 5.64. The normalized spacial score (nSPS) is 15.7. The lowest BCUT2D eigenvalue weighted by Gasteiger charge is -2.05. The first-order chi connectivity index (χ1) is 7.65. The summed E-state index contributed by atoms with van der Waals surface area (Å²) in [5.41, 5.74) is 0. The Balaban J connectivity index is 1.83. The van der Waals surface area contributed by atoms with E-state index < -0.39 is 0 Å². The average Bonchev–Trinajstić information content (AvgIpc) is 2.98. The van der Waals surface area contributed by atoms with Crippen LogP contribution in [0.15, 0.2) is 4.52 Å². The van der Waals surface area contributed by atoms with E-state index in [2.05, 4.69) is 15.0 Å². The molecule has 0 N–H and O–H groups in total. The summed E-state index contributed by atoms with van der Waals surface area (Å²) in [5, 5.41) is 3.86. The van der Waals surface area contributed by atoms with Gasteiger partial charge in [0.15, 0.2) is 5.82 Å². The minimum Gasteiger partial charge on any atom is -0.339 e. The molecule has 0 unspecified atom stereocenters. The molecule has 1 fully saturated rings. The van der Waals surface area contributed by atoms with Gasteiger partial charge in [0.2, 0.25) is 5.89 Å². The Morgan fingerprint density at radius 3 is 2.88 bits per heavy atom. The van der Waals surface area contributed by atoms with E-state index >= 15 is 0 Å². The van der Waals surface area contributed by atoms with Crippen LogP contribution in [0.25, 0.3) is 0 Å². The van der Waals surface area contributed by atoms with Crippen LogP contribution in [0.2, 0.25) is 0 Å². The maximum atomic E-state index is 11.5. The molecule has 0 spiro atoms. The highest BCUT2D eigenvalue weighted by Gasteiger charge is 2.30. The Hall–Kier alpha value is -1.23. The molecular formula is C11H17N3O2. The summed E-state index contributed by atoms with van der Waals surface area (Å²) < 4.78 is 5.05. The van der Waals surface area contributed by atoms with E-state index in [9.17, 15) is 4.79 Å². The number of hydrogen-bond donors (Lipinski definition) is 0. The van der Waals surface area contributed by atoms with Crippen molar-refractivity contribution >= 4 is 5.78 Å². The van der Waals surface area contributed by atoms with Crippen LogP contribution in [0, 0.1) is 5.92 Å². The van der Waals surface area contributed by atoms with Gasteiger partial charge in [-0.15, -0.1) is 0 Å². The molecule has 1 saturated carbocycles. The van der Waals surface area contributed by atoms with E-state index in [1.807, 2.05) is 14.1 Å². The minimum absolute atomic E-state index is 0.239. The van der Waals surface area contributed by atoms with Gasteiger partial charge in [-0.25, -0.2) is 0 Å². The predicted octanol–water partition coefficient (Wildman–Crippen LogP) is 0.695. The van der Waals surface area contributed by atoms with Gasteiger partial charge in [-0.1, -0.05) is 5.16 Å². The molecule has 5 heteroatoms. The molecule has 2 rings (SSSR count). The van der Waals surface area contributed by atoms with Crippen molar-refractivity contribution < 1.29 is 9.32 Å². The summed E-state index contributed by atoms with van der Waals surface area (Å²) in [6.45, 7) is 0.884. The largest absolute Gasteiger partial charge is 0.339 e. The smallest absolute Gasteiger partial charge is 0.234 e. The molecule has 0 aliphatic heterocycles. The molecule has 0 saturated heterocycles. The molecule has 0 aromatic carbocycles. The van der Waals surface area contributed by atoms with Gasteiger partial charge in [0.05, 0.1) is 6.42 Å². The average molecular weight is 223 g/mol. The highest BCUT2D eigenvalue weighted by atomic mass is 16.5. The highest BCUT2D eigenvalue weighted by molar-refractivity contribution is 5.84. The summed E-state index contributed by atoms with van der Waals surface area (Å²) in [6.07, 6.45) is 3.12. The van der Waals surface area contributed by atoms with Gasteiger partial charge in [0.25, 0.3) is 0 Å². The number of nitrogens with zero attached hydrogens (tertiary/aromatic N) is 3. The van der Waals surface area contributed by atoms with Crippen molar-refractivity contribution in [1.82, 2.24) is 15.0 Å². The zero-order chi connectivity index (χ0) is 11.5. The van der Waals surface area contributed by atoms with E-state index in [1.54, 1.807) is 0 Å². The van der Waals surface area contributed by atoms with Crippen LogP contribution in [0.5, 0.6) is 0 Å². The minimum atomic E-state index is 0.239. The fourth-order valence-corrected chi connectivity index (χ4v) is 1.49. The third kappa shape index (κ3) is 3.13. The number of carbonyl (C=O) groups is 1. The molecule has 88 valence electrons. The maximum Gasteiger partial charge on any atom is 0.234 e. The molecule has 5 nitrogen and oxygen atoms in total. The number of hydrogen-bond acceptors (Lipinski definition) is 5. The fourth-order valence-electron chi connectivity index (χ4n) is 1.49. The summed E-state index contributed by atoms with van der Waals surface area (Å²) in [7, 11) is 4.00. The molecule has 0 amide bonds. The zero-order valence-corrected chi connectivity index (χ0v) is 9.77. The van der Waals surface area contributed by atoms with Crippen LogP contribution in [0.4, 0.5) is 0 Å². The Morgan fingerprint density at radius 1 is 1.50 bits per heavy atom. The fraction of sp³-hybridized carbons (Fsp3) is 0.727. The van der Waals surface area contributed by atoms with Crippen molar-refractivity contribution in [3.8, 4) is 0 Å². The lowest BCUT2D eigenvalue weighted by molar-refractivity contribution is -0.119. The maximum absolute atomic E-state index is 11.5. The van der Waals surface area contributed by atoms with Crippen molar-refractivity contribution in [2.24, 2.45) is 5.92 Å². The van der Waals surface area contributed by atoms with Crippen LogP contribution in [0.1, 0.15) is 24.6 Å². The molecule has 1 heterocycles. The third-order valence-corrected chi connectivity index (χ3v) is 2.65. The van der Waals surface area contributed by atoms with Crippen molar-refractivity contribution in [3.63, 3.8) is 0 Å². The van der Waals surface area contributed by atoms with Crippen LogP contribution in [-0.4, -0.2) is 41.5 Å². The molecule has 1 aliphatic rings. The molecular weight excluding hydrogens is 206 g/mol. The van der Waals surface area contributed by atoms with Crippen molar-refractivity contribution in [2.75, 3.05) is 20.6 Å². The van der Waals surface area contributed by atoms with E-state index in [0.717, 1.165) is 25.8 Å². The van der Waals surface area contributed by atoms with Crippen LogP contribution in [0.3, 0.4) is 0 Å². The standard InChI is InChI=1S/C11H17N3O2/c1-14(2)6-5-10-12-11(16-13-10)7-9(15)8-3-4-8/h8H,3-7H2,1-2H3. The Labute approximate surface area is 94.8 Å². The SMILES string of the molecule is CN(C)CCc1noc(CC(=O)C2CC2)n1. The summed E-state index contributed by atoms with van der Waals surface area (Å²) in [4.78, 5) is 17.8. The molecule has 1 aliphatic carbocycles. The van der Waals surface area contributed by atoms with E-state index in [4.69, 9.17) is 4.52 Å². The summed E-state index contributed by atoms with van der Waals surface area (Å²) >= 11 is 0. The second-order valence-corrected chi connectivity index (χ2v) is 4.57. The van der Waals surface area contributed by atoms with Gasteiger partial charge in [0.1, 0.15) is 5.78 Å². The number of Topliss-reactive ketones (excluding diaryl/α,β-unsaturated/α-hetero) is 1. The lowest BCUT2D eigenvalue weighted by atomic mass is 10.2. The number of rotatable bonds is 6. The second kappa shape index (κ2) is 4.74. The summed E-state index contributed by atoms with van der Waals surface area (Å²) in [5.74, 6) is 1.65. The van der Waals surface area contributed by atoms with Crippen LogP contribution < -0.4 is 0 Å². The van der Waals surface area contributed by atoms with Crippen molar-refractivity contribution in [2.45, 2.75) is 25.7 Å². The Morgan fingerprint density at radius 2 is 2.25 bits per heavy atom. The van der Waals surface area contributed by atoms with E-state index in [0.29, 0.717) is 18.1 Å². The second-order valence-electron chi connectivity index (χ2n) is 4.57. The molecule has 1 aromatic heterocycles. The Kier molecular flexibility index (Phi) is 3.33.